The molecule has 0 N–H and O–H groups in total. The van der Waals surface area contributed by atoms with E-state index in [1.807, 2.05) is 6.92 Å². The van der Waals surface area contributed by atoms with Gasteiger partial charge in [0.25, 0.3) is 0 Å². The second kappa shape index (κ2) is 5.24. The molecular weight excluding hydrogens is 377 g/mol. The van der Waals surface area contributed by atoms with Gasteiger partial charge in [-0.05, 0) is 40.5 Å². The highest BCUT2D eigenvalue weighted by atomic mass is 79.9. The van der Waals surface area contributed by atoms with Gasteiger partial charge in [-0.3, -0.25) is 4.79 Å². The van der Waals surface area contributed by atoms with Crippen molar-refractivity contribution in [1.29, 1.82) is 0 Å². The van der Waals surface area contributed by atoms with Crippen molar-refractivity contribution in [3.8, 4) is 0 Å². The molecule has 1 aliphatic rings. The highest BCUT2D eigenvalue weighted by molar-refractivity contribution is 9.10. The molecule has 104 valence electrons. The van der Waals surface area contributed by atoms with Gasteiger partial charge in [0.15, 0.2) is 0 Å². The van der Waals surface area contributed by atoms with Gasteiger partial charge >= 0.3 is 0 Å². The molecule has 0 radical (unpaired) electrons. The number of amides is 1. The molecule has 2 rings (SSSR count). The van der Waals surface area contributed by atoms with Crippen LogP contribution >= 0.6 is 38.2 Å². The normalized spacial score (nSPS) is 20.1. The number of carbonyl (C=O) groups excluding carboxylic acids is 1. The Hall–Kier alpha value is -0.300. The summed E-state index contributed by atoms with van der Waals surface area (Å²) in [5, 5.41) is -0.408. The zero-order valence-electron chi connectivity index (χ0n) is 9.86. The number of hydrogen-bond donors (Lipinski definition) is 0. The molecule has 1 aliphatic heterocycles. The molecule has 1 aromatic rings. The first-order chi connectivity index (χ1) is 8.70. The molecule has 1 fully saturated rings. The summed E-state index contributed by atoms with van der Waals surface area (Å²) in [7, 11) is 1.57. The summed E-state index contributed by atoms with van der Waals surface area (Å²) in [6, 6.07) is 3.43. The van der Waals surface area contributed by atoms with Crippen LogP contribution < -0.4 is 4.90 Å². The fourth-order valence-corrected chi connectivity index (χ4v) is 3.67. The molecule has 1 unspecified atom stereocenters. The Balaban J connectivity index is 2.39. The molecule has 0 bridgehead atoms. The van der Waals surface area contributed by atoms with E-state index in [2.05, 4.69) is 15.9 Å². The molecule has 4 nitrogen and oxygen atoms in total. The zero-order chi connectivity index (χ0) is 14.4. The van der Waals surface area contributed by atoms with Crippen LogP contribution in [0, 0.1) is 6.92 Å². The lowest BCUT2D eigenvalue weighted by Gasteiger charge is -2.19. The summed E-state index contributed by atoms with van der Waals surface area (Å²) in [6.45, 7) is 1.88. The van der Waals surface area contributed by atoms with E-state index < -0.39 is 14.3 Å². The molecule has 1 amide bonds. The summed E-state index contributed by atoms with van der Waals surface area (Å²) in [5.74, 6) is -0.268. The topological polar surface area (TPSA) is 54.5 Å². The van der Waals surface area contributed by atoms with Crippen LogP contribution in [0.2, 0.25) is 5.02 Å². The maximum Gasteiger partial charge on any atom is 0.237 e. The van der Waals surface area contributed by atoms with E-state index in [4.69, 9.17) is 22.3 Å². The van der Waals surface area contributed by atoms with Crippen LogP contribution in [-0.4, -0.2) is 26.1 Å². The minimum Gasteiger partial charge on any atom is -0.311 e. The van der Waals surface area contributed by atoms with Crippen molar-refractivity contribution < 1.29 is 13.2 Å². The highest BCUT2D eigenvalue weighted by Gasteiger charge is 2.38. The Morgan fingerprint density at radius 2 is 2.05 bits per heavy atom. The monoisotopic (exact) mass is 385 g/mol. The van der Waals surface area contributed by atoms with E-state index in [0.717, 1.165) is 10.0 Å². The number of benzene rings is 1. The van der Waals surface area contributed by atoms with Gasteiger partial charge < -0.3 is 4.90 Å². The number of nitrogens with zero attached hydrogens (tertiary/aromatic N) is 1. The average molecular weight is 387 g/mol. The minimum absolute atomic E-state index is 0.0590. The number of carbonyl (C=O) groups is 1. The quantitative estimate of drug-likeness (QED) is 0.734. The lowest BCUT2D eigenvalue weighted by atomic mass is 10.2. The molecule has 1 saturated heterocycles. The van der Waals surface area contributed by atoms with Crippen LogP contribution in [0.5, 0.6) is 0 Å². The van der Waals surface area contributed by atoms with Crippen LogP contribution in [0.25, 0.3) is 0 Å². The van der Waals surface area contributed by atoms with Crippen LogP contribution in [0.4, 0.5) is 5.69 Å². The largest absolute Gasteiger partial charge is 0.311 e. The molecule has 19 heavy (non-hydrogen) atoms. The van der Waals surface area contributed by atoms with Crippen molar-refractivity contribution in [3.05, 3.63) is 27.2 Å². The van der Waals surface area contributed by atoms with E-state index in [1.54, 1.807) is 12.1 Å². The first-order valence-electron chi connectivity index (χ1n) is 5.39. The molecule has 1 heterocycles. The van der Waals surface area contributed by atoms with Gasteiger partial charge in [0.2, 0.25) is 15.0 Å². The molecular formula is C11H10BrCl2NO3S. The standard InChI is InChI=1S/C11H10BrCl2NO3S/c1-6-2-8(12)9(13)4-10(6)15-5-7(3-11(15)16)19(14,17)18/h2,4,7H,3,5H2,1H3. The number of aryl methyl sites for hydroxylation is 1. The molecule has 1 aromatic carbocycles. The van der Waals surface area contributed by atoms with E-state index in [1.165, 1.54) is 4.90 Å². The smallest absolute Gasteiger partial charge is 0.237 e. The van der Waals surface area contributed by atoms with Crippen molar-refractivity contribution in [2.24, 2.45) is 0 Å². The number of anilines is 1. The van der Waals surface area contributed by atoms with Crippen LogP contribution in [-0.2, 0) is 13.8 Å². The van der Waals surface area contributed by atoms with E-state index in [0.29, 0.717) is 10.7 Å². The van der Waals surface area contributed by atoms with Gasteiger partial charge in [-0.15, -0.1) is 0 Å². The third-order valence-corrected chi connectivity index (χ3v) is 6.08. The Bertz CT molecular complexity index is 648. The van der Waals surface area contributed by atoms with Gasteiger partial charge in [0, 0.05) is 33.8 Å². The lowest BCUT2D eigenvalue weighted by Crippen LogP contribution is -2.27. The first-order valence-corrected chi connectivity index (χ1v) is 8.94. The highest BCUT2D eigenvalue weighted by Crippen LogP contribution is 2.34. The third kappa shape index (κ3) is 3.07. The lowest BCUT2D eigenvalue weighted by molar-refractivity contribution is -0.117. The van der Waals surface area contributed by atoms with Gasteiger partial charge in [-0.1, -0.05) is 11.6 Å². The maximum absolute atomic E-state index is 11.9. The average Bonchev–Trinajstić information content (AvgIpc) is 2.65. The molecule has 8 heteroatoms. The van der Waals surface area contributed by atoms with Gasteiger partial charge in [0.1, 0.15) is 5.25 Å². The molecule has 0 saturated carbocycles. The van der Waals surface area contributed by atoms with Gasteiger partial charge in [0.05, 0.1) is 5.02 Å². The summed E-state index contributed by atoms with van der Waals surface area (Å²) in [5.41, 5.74) is 1.44. The summed E-state index contributed by atoms with van der Waals surface area (Å²) in [6.07, 6.45) is -0.0983. The second-order valence-electron chi connectivity index (χ2n) is 4.36. The zero-order valence-corrected chi connectivity index (χ0v) is 13.8. The minimum atomic E-state index is -3.74. The summed E-state index contributed by atoms with van der Waals surface area (Å²) >= 11 is 9.30. The molecule has 0 aliphatic carbocycles. The first kappa shape index (κ1) is 15.1. The number of halogens is 3. The van der Waals surface area contributed by atoms with Crippen molar-refractivity contribution in [3.63, 3.8) is 0 Å². The molecule has 0 aromatic heterocycles. The Morgan fingerprint density at radius 1 is 1.42 bits per heavy atom. The van der Waals surface area contributed by atoms with Crippen LogP contribution in [0.1, 0.15) is 12.0 Å². The predicted octanol–water partition coefficient (Wildman–Crippen LogP) is 3.08. The number of hydrogen-bond acceptors (Lipinski definition) is 3. The van der Waals surface area contributed by atoms with E-state index in [9.17, 15) is 13.2 Å². The predicted molar refractivity (Wildman–Crippen MR) is 79.4 cm³/mol. The number of rotatable bonds is 2. The SMILES string of the molecule is Cc1cc(Br)c(Cl)cc1N1CC(S(=O)(=O)Cl)CC1=O. The van der Waals surface area contributed by atoms with Crippen LogP contribution in [0.3, 0.4) is 0 Å². The Labute approximate surface area is 129 Å². The van der Waals surface area contributed by atoms with Gasteiger partial charge in [-0.25, -0.2) is 8.42 Å². The molecule has 0 spiro atoms. The van der Waals surface area contributed by atoms with E-state index >= 15 is 0 Å². The maximum atomic E-state index is 11.9. The van der Waals surface area contributed by atoms with Crippen LogP contribution in [0.15, 0.2) is 16.6 Å². The summed E-state index contributed by atoms with van der Waals surface area (Å²) < 4.78 is 23.4. The van der Waals surface area contributed by atoms with Crippen molar-refractivity contribution in [1.82, 2.24) is 0 Å². The Morgan fingerprint density at radius 3 is 2.58 bits per heavy atom. The Kier molecular flexibility index (Phi) is 4.16. The summed E-state index contributed by atoms with van der Waals surface area (Å²) in [4.78, 5) is 13.3. The second-order valence-corrected chi connectivity index (χ2v) is 8.53. The van der Waals surface area contributed by atoms with Crippen molar-refractivity contribution in [2.75, 3.05) is 11.4 Å². The molecule has 1 atom stereocenters. The fourth-order valence-electron chi connectivity index (χ4n) is 2.02. The van der Waals surface area contributed by atoms with Gasteiger partial charge in [-0.2, -0.15) is 0 Å². The fraction of sp³-hybridized carbons (Fsp3) is 0.364. The van der Waals surface area contributed by atoms with E-state index in [-0.39, 0.29) is 18.9 Å². The van der Waals surface area contributed by atoms with Crippen molar-refractivity contribution >= 4 is 58.9 Å². The van der Waals surface area contributed by atoms with Crippen molar-refractivity contribution in [2.45, 2.75) is 18.6 Å². The third-order valence-electron chi connectivity index (χ3n) is 3.02.